The highest BCUT2D eigenvalue weighted by molar-refractivity contribution is 6.17. The summed E-state index contributed by atoms with van der Waals surface area (Å²) >= 11 is 5.45. The van der Waals surface area contributed by atoms with E-state index in [2.05, 4.69) is 10.3 Å². The smallest absolute Gasteiger partial charge is 0.141 e. The van der Waals surface area contributed by atoms with Gasteiger partial charge in [-0.2, -0.15) is 0 Å². The summed E-state index contributed by atoms with van der Waals surface area (Å²) in [7, 11) is 0. The van der Waals surface area contributed by atoms with Gasteiger partial charge in [0.15, 0.2) is 0 Å². The zero-order chi connectivity index (χ0) is 11.6. The van der Waals surface area contributed by atoms with E-state index in [1.807, 2.05) is 0 Å². The highest BCUT2D eigenvalue weighted by Gasteiger charge is 1.95. The van der Waals surface area contributed by atoms with Crippen molar-refractivity contribution in [3.8, 4) is 0 Å². The van der Waals surface area contributed by atoms with Crippen LogP contribution in [0, 0.1) is 5.82 Å². The molecule has 1 heterocycles. The monoisotopic (exact) mass is 246 g/mol. The molecule has 0 amide bonds. The van der Waals surface area contributed by atoms with E-state index in [9.17, 15) is 4.39 Å². The van der Waals surface area contributed by atoms with Gasteiger partial charge in [0.1, 0.15) is 5.82 Å². The Bertz CT molecular complexity index is 299. The average Bonchev–Trinajstić information content (AvgIpc) is 2.28. The molecule has 0 aliphatic rings. The summed E-state index contributed by atoms with van der Waals surface area (Å²) in [5, 5.41) is 3.19. The van der Waals surface area contributed by atoms with Gasteiger partial charge in [-0.3, -0.25) is 4.98 Å². The maximum Gasteiger partial charge on any atom is 0.141 e. The zero-order valence-electron chi connectivity index (χ0n) is 9.09. The first-order chi connectivity index (χ1) is 7.83. The third-order valence-electron chi connectivity index (χ3n) is 1.95. The second kappa shape index (κ2) is 8.44. The Morgan fingerprint density at radius 3 is 3.00 bits per heavy atom. The van der Waals surface area contributed by atoms with Crippen LogP contribution in [-0.4, -0.2) is 30.6 Å². The second-order valence-electron chi connectivity index (χ2n) is 3.34. The number of hydrogen-bond donors (Lipinski definition) is 1. The lowest BCUT2D eigenvalue weighted by Gasteiger charge is -2.05. The van der Waals surface area contributed by atoms with Crippen LogP contribution < -0.4 is 5.32 Å². The average molecular weight is 247 g/mol. The molecule has 16 heavy (non-hydrogen) atoms. The first kappa shape index (κ1) is 13.4. The van der Waals surface area contributed by atoms with Crippen molar-refractivity contribution in [2.75, 3.05) is 25.6 Å². The highest BCUT2D eigenvalue weighted by atomic mass is 35.5. The summed E-state index contributed by atoms with van der Waals surface area (Å²) in [6.07, 6.45) is 3.77. The molecule has 0 aliphatic heterocycles. The summed E-state index contributed by atoms with van der Waals surface area (Å²) in [6.45, 7) is 2.75. The number of rotatable bonds is 8. The Morgan fingerprint density at radius 2 is 2.25 bits per heavy atom. The quantitative estimate of drug-likeness (QED) is 0.562. The van der Waals surface area contributed by atoms with Gasteiger partial charge in [0.25, 0.3) is 0 Å². The number of alkyl halides is 1. The molecule has 90 valence electrons. The Labute approximate surface area is 100.0 Å². The number of aromatic nitrogens is 1. The topological polar surface area (TPSA) is 34.2 Å². The Kier molecular flexibility index (Phi) is 7.05. The fraction of sp³-hybridized carbons (Fsp3) is 0.545. The van der Waals surface area contributed by atoms with Crippen molar-refractivity contribution in [2.24, 2.45) is 0 Å². The molecule has 0 aliphatic carbocycles. The van der Waals surface area contributed by atoms with Gasteiger partial charge in [0.2, 0.25) is 0 Å². The SMILES string of the molecule is Fc1cncc(CNCCCOCCCl)c1. The Hall–Kier alpha value is -0.710. The molecule has 0 bridgehead atoms. The third-order valence-corrected chi connectivity index (χ3v) is 2.11. The molecule has 1 aromatic heterocycles. The van der Waals surface area contributed by atoms with Crippen LogP contribution in [-0.2, 0) is 11.3 Å². The van der Waals surface area contributed by atoms with Gasteiger partial charge in [0.05, 0.1) is 12.8 Å². The van der Waals surface area contributed by atoms with Crippen LogP contribution in [0.3, 0.4) is 0 Å². The van der Waals surface area contributed by atoms with Crippen LogP contribution in [0.25, 0.3) is 0 Å². The molecule has 0 aromatic carbocycles. The molecule has 1 rings (SSSR count). The third kappa shape index (κ3) is 6.00. The summed E-state index contributed by atoms with van der Waals surface area (Å²) in [5.74, 6) is 0.229. The number of nitrogens with zero attached hydrogens (tertiary/aromatic N) is 1. The van der Waals surface area contributed by atoms with Gasteiger partial charge in [0, 0.05) is 25.2 Å². The molecule has 5 heteroatoms. The van der Waals surface area contributed by atoms with Gasteiger partial charge in [-0.1, -0.05) is 0 Å². The van der Waals surface area contributed by atoms with E-state index in [1.165, 1.54) is 12.3 Å². The molecule has 1 N–H and O–H groups in total. The van der Waals surface area contributed by atoms with E-state index in [0.29, 0.717) is 25.6 Å². The summed E-state index contributed by atoms with van der Waals surface area (Å²) in [5.41, 5.74) is 0.849. The number of ether oxygens (including phenoxy) is 1. The largest absolute Gasteiger partial charge is 0.380 e. The van der Waals surface area contributed by atoms with Gasteiger partial charge < -0.3 is 10.1 Å². The molecule has 0 saturated carbocycles. The highest BCUT2D eigenvalue weighted by Crippen LogP contribution is 1.99. The van der Waals surface area contributed by atoms with E-state index >= 15 is 0 Å². The predicted octanol–water partition coefficient (Wildman–Crippen LogP) is 1.96. The minimum absolute atomic E-state index is 0.301. The summed E-state index contributed by atoms with van der Waals surface area (Å²) in [6, 6.07) is 1.48. The fourth-order valence-corrected chi connectivity index (χ4v) is 1.35. The Morgan fingerprint density at radius 1 is 1.38 bits per heavy atom. The maximum atomic E-state index is 12.8. The molecule has 3 nitrogen and oxygen atoms in total. The molecule has 0 unspecified atom stereocenters. The summed E-state index contributed by atoms with van der Waals surface area (Å²) in [4.78, 5) is 3.77. The van der Waals surface area contributed by atoms with E-state index in [-0.39, 0.29) is 5.82 Å². The van der Waals surface area contributed by atoms with E-state index in [4.69, 9.17) is 16.3 Å². The van der Waals surface area contributed by atoms with Gasteiger partial charge in [-0.25, -0.2) is 4.39 Å². The standard InChI is InChI=1S/C11H16ClFN2O/c12-2-5-16-4-1-3-14-7-10-6-11(13)9-15-8-10/h6,8-9,14H,1-5,7H2. The predicted molar refractivity (Wildman–Crippen MR) is 62.1 cm³/mol. The molecule has 1 aromatic rings. The number of pyridine rings is 1. The first-order valence-corrected chi connectivity index (χ1v) is 5.80. The van der Waals surface area contributed by atoms with Crippen molar-refractivity contribution < 1.29 is 9.13 Å². The molecule has 0 spiro atoms. The molecule has 0 atom stereocenters. The minimum atomic E-state index is -0.301. The van der Waals surface area contributed by atoms with Crippen molar-refractivity contribution in [3.05, 3.63) is 29.8 Å². The molecule has 0 fully saturated rings. The van der Waals surface area contributed by atoms with Crippen molar-refractivity contribution in [1.82, 2.24) is 10.3 Å². The van der Waals surface area contributed by atoms with Gasteiger partial charge in [-0.05, 0) is 24.6 Å². The number of hydrogen-bond acceptors (Lipinski definition) is 3. The minimum Gasteiger partial charge on any atom is -0.380 e. The van der Waals surface area contributed by atoms with Gasteiger partial charge in [-0.15, -0.1) is 11.6 Å². The van der Waals surface area contributed by atoms with E-state index in [1.54, 1.807) is 6.20 Å². The second-order valence-corrected chi connectivity index (χ2v) is 3.72. The van der Waals surface area contributed by atoms with Crippen molar-refractivity contribution in [1.29, 1.82) is 0 Å². The number of halogens is 2. The maximum absolute atomic E-state index is 12.8. The number of nitrogens with one attached hydrogen (secondary N) is 1. The lowest BCUT2D eigenvalue weighted by Crippen LogP contribution is -2.16. The van der Waals surface area contributed by atoms with Gasteiger partial charge >= 0.3 is 0 Å². The lowest BCUT2D eigenvalue weighted by atomic mass is 10.3. The van der Waals surface area contributed by atoms with Crippen molar-refractivity contribution in [2.45, 2.75) is 13.0 Å². The Balaban J connectivity index is 2.03. The van der Waals surface area contributed by atoms with Crippen LogP contribution in [0.2, 0.25) is 0 Å². The van der Waals surface area contributed by atoms with Crippen molar-refractivity contribution in [3.63, 3.8) is 0 Å². The van der Waals surface area contributed by atoms with Crippen LogP contribution in [0.5, 0.6) is 0 Å². The van der Waals surface area contributed by atoms with Crippen LogP contribution in [0.1, 0.15) is 12.0 Å². The summed E-state index contributed by atoms with van der Waals surface area (Å²) < 4.78 is 18.0. The molecular weight excluding hydrogens is 231 g/mol. The van der Waals surface area contributed by atoms with Crippen LogP contribution in [0.15, 0.2) is 18.5 Å². The van der Waals surface area contributed by atoms with Crippen molar-refractivity contribution >= 4 is 11.6 Å². The molecule has 0 saturated heterocycles. The fourth-order valence-electron chi connectivity index (χ4n) is 1.24. The lowest BCUT2D eigenvalue weighted by molar-refractivity contribution is 0.146. The van der Waals surface area contributed by atoms with E-state index in [0.717, 1.165) is 18.5 Å². The van der Waals surface area contributed by atoms with Crippen LogP contribution in [0.4, 0.5) is 4.39 Å². The zero-order valence-corrected chi connectivity index (χ0v) is 9.84. The van der Waals surface area contributed by atoms with E-state index < -0.39 is 0 Å². The van der Waals surface area contributed by atoms with Crippen LogP contribution >= 0.6 is 11.6 Å². The first-order valence-electron chi connectivity index (χ1n) is 5.27. The molecule has 0 radical (unpaired) electrons. The normalized spacial score (nSPS) is 10.6. The molecular formula is C11H16ClFN2O.